The van der Waals surface area contributed by atoms with Crippen molar-refractivity contribution in [2.75, 3.05) is 11.9 Å². The lowest BCUT2D eigenvalue weighted by Crippen LogP contribution is -2.21. The molecule has 5 nitrogen and oxygen atoms in total. The first-order chi connectivity index (χ1) is 15.0. The van der Waals surface area contributed by atoms with Gasteiger partial charge in [-0.2, -0.15) is 0 Å². The van der Waals surface area contributed by atoms with E-state index in [0.29, 0.717) is 16.7 Å². The number of hydrogen-bond donors (Lipinski definition) is 1. The highest BCUT2D eigenvalue weighted by Crippen LogP contribution is 2.23. The van der Waals surface area contributed by atoms with Crippen molar-refractivity contribution in [1.29, 1.82) is 0 Å². The molecule has 0 aliphatic rings. The summed E-state index contributed by atoms with van der Waals surface area (Å²) in [6, 6.07) is 13.6. The van der Waals surface area contributed by atoms with Crippen molar-refractivity contribution < 1.29 is 9.53 Å². The fraction of sp³-hybridized carbons (Fsp3) is 0.333. The lowest BCUT2D eigenvalue weighted by atomic mass is 10.1. The Labute approximate surface area is 193 Å². The maximum atomic E-state index is 11.1. The van der Waals surface area contributed by atoms with Gasteiger partial charge in [0.25, 0.3) is 0 Å². The number of benzene rings is 2. The van der Waals surface area contributed by atoms with E-state index in [4.69, 9.17) is 27.9 Å². The molecule has 0 bridgehead atoms. The van der Waals surface area contributed by atoms with Crippen LogP contribution in [0.2, 0.25) is 10.0 Å². The van der Waals surface area contributed by atoms with Crippen LogP contribution in [0.3, 0.4) is 0 Å². The van der Waals surface area contributed by atoms with Crippen LogP contribution in [0.25, 0.3) is 0 Å². The molecule has 1 atom stereocenters. The molecule has 1 heterocycles. The molecule has 0 saturated carbocycles. The zero-order valence-corrected chi connectivity index (χ0v) is 19.1. The second-order valence-electron chi connectivity index (χ2n) is 7.51. The minimum absolute atomic E-state index is 0.0584. The van der Waals surface area contributed by atoms with Gasteiger partial charge >= 0.3 is 0 Å². The maximum absolute atomic E-state index is 11.1. The van der Waals surface area contributed by atoms with Crippen molar-refractivity contribution >= 4 is 34.8 Å². The first kappa shape index (κ1) is 23.3. The number of carbonyl (C=O) groups excluding carboxylic acids is 1. The molecule has 0 aliphatic carbocycles. The number of anilines is 1. The van der Waals surface area contributed by atoms with Crippen LogP contribution >= 0.6 is 23.2 Å². The molecule has 7 heteroatoms. The Morgan fingerprint density at radius 3 is 2.65 bits per heavy atom. The van der Waals surface area contributed by atoms with Crippen LogP contribution < -0.4 is 5.32 Å². The van der Waals surface area contributed by atoms with Gasteiger partial charge in [-0.1, -0.05) is 41.4 Å². The average molecular weight is 460 g/mol. The molecule has 1 unspecified atom stereocenters. The standard InChI is InChI=1S/C24H27Cl2N3O2/c1-18(30)28-22-9-4-19(5-10-22)3-2-14-31-23(16-29-13-12-27-17-29)11-7-20-6-8-21(25)15-24(20)26/h4-6,8-10,12-13,15,17,23H,2-3,7,11,14,16H2,1H3,(H,28,30). The zero-order valence-electron chi connectivity index (χ0n) is 17.6. The molecule has 0 radical (unpaired) electrons. The molecular weight excluding hydrogens is 433 g/mol. The molecule has 3 rings (SSSR count). The van der Waals surface area contributed by atoms with Gasteiger partial charge < -0.3 is 14.6 Å². The zero-order chi connectivity index (χ0) is 22.1. The molecule has 2 aromatic carbocycles. The third kappa shape index (κ3) is 8.02. The SMILES string of the molecule is CC(=O)Nc1ccc(CCCOC(CCc2ccc(Cl)cc2Cl)Cn2ccnc2)cc1. The molecule has 0 aliphatic heterocycles. The van der Waals surface area contributed by atoms with Crippen LogP contribution in [0, 0.1) is 0 Å². The molecule has 0 saturated heterocycles. The molecule has 0 spiro atoms. The summed E-state index contributed by atoms with van der Waals surface area (Å²) in [5.41, 5.74) is 3.11. The number of rotatable bonds is 11. The van der Waals surface area contributed by atoms with Gasteiger partial charge in [0.05, 0.1) is 12.4 Å². The largest absolute Gasteiger partial charge is 0.376 e. The van der Waals surface area contributed by atoms with E-state index in [0.717, 1.165) is 43.5 Å². The number of aromatic nitrogens is 2. The van der Waals surface area contributed by atoms with Crippen LogP contribution in [0.5, 0.6) is 0 Å². The summed E-state index contributed by atoms with van der Waals surface area (Å²) in [5, 5.41) is 4.12. The normalized spacial score (nSPS) is 12.0. The van der Waals surface area contributed by atoms with Crippen molar-refractivity contribution in [3.05, 3.63) is 82.4 Å². The number of ether oxygens (including phenoxy) is 1. The van der Waals surface area contributed by atoms with E-state index < -0.39 is 0 Å². The van der Waals surface area contributed by atoms with Crippen molar-refractivity contribution in [3.8, 4) is 0 Å². The molecule has 31 heavy (non-hydrogen) atoms. The van der Waals surface area contributed by atoms with Crippen LogP contribution in [0.1, 0.15) is 30.9 Å². The van der Waals surface area contributed by atoms with Gasteiger partial charge in [-0.15, -0.1) is 0 Å². The Morgan fingerprint density at radius 1 is 1.16 bits per heavy atom. The third-order valence-corrected chi connectivity index (χ3v) is 5.55. The first-order valence-electron chi connectivity index (χ1n) is 10.4. The van der Waals surface area contributed by atoms with Gasteiger partial charge in [-0.3, -0.25) is 4.79 Å². The van der Waals surface area contributed by atoms with Gasteiger partial charge in [0.1, 0.15) is 0 Å². The van der Waals surface area contributed by atoms with Crippen LogP contribution in [0.15, 0.2) is 61.2 Å². The van der Waals surface area contributed by atoms with E-state index in [1.165, 1.54) is 12.5 Å². The predicted octanol–water partition coefficient (Wildman–Crippen LogP) is 5.80. The summed E-state index contributed by atoms with van der Waals surface area (Å²) in [5.74, 6) is -0.0648. The fourth-order valence-electron chi connectivity index (χ4n) is 3.38. The number of carbonyl (C=O) groups is 1. The quantitative estimate of drug-likeness (QED) is 0.368. The van der Waals surface area contributed by atoms with E-state index in [-0.39, 0.29) is 12.0 Å². The van der Waals surface area contributed by atoms with Gasteiger partial charge in [0, 0.05) is 48.2 Å². The number of aryl methyl sites for hydroxylation is 2. The minimum atomic E-state index is -0.0648. The van der Waals surface area contributed by atoms with E-state index in [2.05, 4.69) is 10.3 Å². The first-order valence-corrected chi connectivity index (χ1v) is 11.1. The Balaban J connectivity index is 1.49. The highest BCUT2D eigenvalue weighted by molar-refractivity contribution is 6.35. The number of nitrogens with zero attached hydrogens (tertiary/aromatic N) is 2. The van der Waals surface area contributed by atoms with Crippen molar-refractivity contribution in [2.24, 2.45) is 0 Å². The number of imidazole rings is 1. The van der Waals surface area contributed by atoms with Gasteiger partial charge in [0.15, 0.2) is 0 Å². The molecule has 164 valence electrons. The van der Waals surface area contributed by atoms with Crippen molar-refractivity contribution in [3.63, 3.8) is 0 Å². The Bertz CT molecular complexity index is 959. The smallest absolute Gasteiger partial charge is 0.221 e. The Kier molecular flexibility index (Phi) is 8.95. The topological polar surface area (TPSA) is 56.1 Å². The van der Waals surface area contributed by atoms with Gasteiger partial charge in [-0.25, -0.2) is 4.98 Å². The lowest BCUT2D eigenvalue weighted by molar-refractivity contribution is -0.114. The molecule has 1 N–H and O–H groups in total. The molecular formula is C24H27Cl2N3O2. The summed E-state index contributed by atoms with van der Waals surface area (Å²) in [6.45, 7) is 2.92. The molecule has 1 aromatic heterocycles. The summed E-state index contributed by atoms with van der Waals surface area (Å²) in [7, 11) is 0. The predicted molar refractivity (Wildman–Crippen MR) is 126 cm³/mol. The fourth-order valence-corrected chi connectivity index (χ4v) is 3.89. The summed E-state index contributed by atoms with van der Waals surface area (Å²) in [4.78, 5) is 15.2. The highest BCUT2D eigenvalue weighted by Gasteiger charge is 2.12. The number of amides is 1. The average Bonchev–Trinajstić information content (AvgIpc) is 3.24. The maximum Gasteiger partial charge on any atom is 0.221 e. The van der Waals surface area contributed by atoms with Gasteiger partial charge in [0.2, 0.25) is 5.91 Å². The van der Waals surface area contributed by atoms with E-state index in [1.54, 1.807) is 12.3 Å². The van der Waals surface area contributed by atoms with Crippen LogP contribution in [-0.4, -0.2) is 28.2 Å². The molecule has 3 aromatic rings. The summed E-state index contributed by atoms with van der Waals surface area (Å²) >= 11 is 12.3. The second-order valence-corrected chi connectivity index (χ2v) is 8.35. The minimum Gasteiger partial charge on any atom is -0.376 e. The van der Waals surface area contributed by atoms with Crippen LogP contribution in [-0.2, 0) is 28.9 Å². The molecule has 1 amide bonds. The summed E-state index contributed by atoms with van der Waals surface area (Å²) < 4.78 is 8.26. The number of halogens is 2. The summed E-state index contributed by atoms with van der Waals surface area (Å²) in [6.07, 6.45) is 9.10. The Hall–Kier alpha value is -2.34. The van der Waals surface area contributed by atoms with E-state index in [1.807, 2.05) is 53.5 Å². The van der Waals surface area contributed by atoms with Gasteiger partial charge in [-0.05, 0) is 61.1 Å². The number of nitrogens with one attached hydrogen (secondary N) is 1. The van der Waals surface area contributed by atoms with E-state index >= 15 is 0 Å². The lowest BCUT2D eigenvalue weighted by Gasteiger charge is -2.19. The second kappa shape index (κ2) is 11.9. The molecule has 0 fully saturated rings. The highest BCUT2D eigenvalue weighted by atomic mass is 35.5. The Morgan fingerprint density at radius 2 is 1.97 bits per heavy atom. The number of hydrogen-bond acceptors (Lipinski definition) is 3. The third-order valence-electron chi connectivity index (χ3n) is 4.96. The monoisotopic (exact) mass is 459 g/mol. The van der Waals surface area contributed by atoms with Crippen molar-refractivity contribution in [2.45, 2.75) is 45.3 Å². The van der Waals surface area contributed by atoms with Crippen LogP contribution in [0.4, 0.5) is 5.69 Å². The van der Waals surface area contributed by atoms with Crippen molar-refractivity contribution in [1.82, 2.24) is 9.55 Å². The van der Waals surface area contributed by atoms with E-state index in [9.17, 15) is 4.79 Å².